The van der Waals surface area contributed by atoms with Gasteiger partial charge in [0.2, 0.25) is 5.95 Å². The molecule has 0 unspecified atom stereocenters. The fourth-order valence-electron chi connectivity index (χ4n) is 5.06. The Hall–Kier alpha value is -3.33. The first-order valence-electron chi connectivity index (χ1n) is 11.7. The van der Waals surface area contributed by atoms with Gasteiger partial charge in [0.1, 0.15) is 17.2 Å². The summed E-state index contributed by atoms with van der Waals surface area (Å²) in [6.45, 7) is 6.64. The van der Waals surface area contributed by atoms with E-state index in [-0.39, 0.29) is 34.8 Å². The maximum absolute atomic E-state index is 13.9. The maximum atomic E-state index is 13.9. The lowest BCUT2D eigenvalue weighted by molar-refractivity contribution is -0.137. The molecule has 8 nitrogen and oxygen atoms in total. The normalized spacial score (nSPS) is 17.3. The standard InChI is InChI=1S/C25H24BrF3N6O2/c1-23(2,3)37-22(36)35-11-24(12-35)6-14(7-24)33-21-32-10-17(25(27,28)29)19(34-21)16-9-31-20-15(16)5-4-13(8-30)18(20)26/h4-5,9-10,14,31H,6-7,11-12H2,1-3H3,(H,32,33,34). The molecule has 2 aliphatic rings. The van der Waals surface area contributed by atoms with Gasteiger partial charge in [0.25, 0.3) is 0 Å². The molecule has 1 spiro atoms. The van der Waals surface area contributed by atoms with Gasteiger partial charge in [-0.1, -0.05) is 6.07 Å². The molecule has 1 saturated carbocycles. The summed E-state index contributed by atoms with van der Waals surface area (Å²) in [5.74, 6) is 0.105. The number of likely N-dealkylation sites (tertiary alicyclic amines) is 1. The maximum Gasteiger partial charge on any atom is 0.419 e. The highest BCUT2D eigenvalue weighted by molar-refractivity contribution is 9.10. The predicted molar refractivity (Wildman–Crippen MR) is 134 cm³/mol. The van der Waals surface area contributed by atoms with E-state index in [1.807, 2.05) is 26.8 Å². The molecule has 2 aromatic heterocycles. The van der Waals surface area contributed by atoms with Crippen LogP contribution >= 0.6 is 15.9 Å². The van der Waals surface area contributed by atoms with Gasteiger partial charge in [-0.3, -0.25) is 0 Å². The summed E-state index contributed by atoms with van der Waals surface area (Å²) in [5, 5.41) is 12.9. The van der Waals surface area contributed by atoms with E-state index in [1.54, 1.807) is 17.0 Å². The number of nitrogens with one attached hydrogen (secondary N) is 2. The number of aromatic amines is 1. The average Bonchev–Trinajstić information content (AvgIpc) is 3.17. The first-order chi connectivity index (χ1) is 17.3. The Kier molecular flexibility index (Phi) is 5.90. The number of carbonyl (C=O) groups is 1. The van der Waals surface area contributed by atoms with Crippen molar-refractivity contribution in [1.82, 2.24) is 19.9 Å². The third-order valence-corrected chi connectivity index (χ3v) is 7.48. The quantitative estimate of drug-likeness (QED) is 0.390. The van der Waals surface area contributed by atoms with Crippen molar-refractivity contribution in [1.29, 1.82) is 5.26 Å². The average molecular weight is 577 g/mol. The number of hydrogen-bond acceptors (Lipinski definition) is 6. The van der Waals surface area contributed by atoms with E-state index in [4.69, 9.17) is 4.74 Å². The van der Waals surface area contributed by atoms with E-state index in [0.29, 0.717) is 34.0 Å². The van der Waals surface area contributed by atoms with Gasteiger partial charge in [-0.25, -0.2) is 14.8 Å². The van der Waals surface area contributed by atoms with Crippen LogP contribution in [0.2, 0.25) is 0 Å². The predicted octanol–water partition coefficient (Wildman–Crippen LogP) is 6.09. The first-order valence-corrected chi connectivity index (χ1v) is 12.5. The smallest absolute Gasteiger partial charge is 0.419 e. The number of anilines is 1. The minimum atomic E-state index is -4.65. The molecule has 194 valence electrons. The van der Waals surface area contributed by atoms with E-state index in [1.165, 1.54) is 6.20 Å². The summed E-state index contributed by atoms with van der Waals surface area (Å²) in [6, 6.07) is 5.17. The molecule has 12 heteroatoms. The van der Waals surface area contributed by atoms with Gasteiger partial charge in [0.05, 0.1) is 21.2 Å². The van der Waals surface area contributed by atoms with Crippen molar-refractivity contribution in [3.8, 4) is 17.3 Å². The van der Waals surface area contributed by atoms with Crippen molar-refractivity contribution in [2.24, 2.45) is 5.41 Å². The number of alkyl halides is 3. The van der Waals surface area contributed by atoms with Crippen LogP contribution in [0.15, 0.2) is 29.0 Å². The highest BCUT2D eigenvalue weighted by atomic mass is 79.9. The second-order valence-corrected chi connectivity index (χ2v) is 11.5. The van der Waals surface area contributed by atoms with Gasteiger partial charge < -0.3 is 19.9 Å². The molecule has 37 heavy (non-hydrogen) atoms. The van der Waals surface area contributed by atoms with Crippen LogP contribution < -0.4 is 5.32 Å². The molecule has 0 radical (unpaired) electrons. The summed E-state index contributed by atoms with van der Waals surface area (Å²) in [4.78, 5) is 25.1. The number of nitriles is 1. The second kappa shape index (κ2) is 8.62. The molecular weight excluding hydrogens is 553 g/mol. The highest BCUT2D eigenvalue weighted by Crippen LogP contribution is 2.49. The Morgan fingerprint density at radius 2 is 2.00 bits per heavy atom. The number of carbonyl (C=O) groups excluding carboxylic acids is 1. The third-order valence-electron chi connectivity index (χ3n) is 6.66. The molecule has 1 amide bonds. The van der Waals surface area contributed by atoms with Crippen molar-refractivity contribution in [3.63, 3.8) is 0 Å². The van der Waals surface area contributed by atoms with Crippen molar-refractivity contribution in [3.05, 3.63) is 40.1 Å². The molecule has 2 N–H and O–H groups in total. The molecule has 0 atom stereocenters. The summed E-state index contributed by atoms with van der Waals surface area (Å²) in [6.07, 6.45) is -1.23. The zero-order valence-electron chi connectivity index (χ0n) is 20.3. The SMILES string of the molecule is CC(C)(C)OC(=O)N1CC2(CC(Nc3ncc(C(F)(F)F)c(-c4c[nH]c5c(Br)c(C#N)ccc45)n3)C2)C1. The lowest BCUT2D eigenvalue weighted by Gasteiger charge is -2.58. The molecular formula is C25H24BrF3N6O2. The first kappa shape index (κ1) is 25.3. The Morgan fingerprint density at radius 3 is 2.62 bits per heavy atom. The highest BCUT2D eigenvalue weighted by Gasteiger charge is 2.54. The van der Waals surface area contributed by atoms with Crippen LogP contribution in [0.4, 0.5) is 23.9 Å². The fourth-order valence-corrected chi connectivity index (χ4v) is 5.61. The number of amides is 1. The molecule has 2 fully saturated rings. The number of aromatic nitrogens is 3. The lowest BCUT2D eigenvalue weighted by Crippen LogP contribution is -2.66. The zero-order valence-corrected chi connectivity index (χ0v) is 21.9. The van der Waals surface area contributed by atoms with Crippen LogP contribution in [0, 0.1) is 16.7 Å². The van der Waals surface area contributed by atoms with Crippen molar-refractivity contribution in [2.45, 2.75) is 51.4 Å². The van der Waals surface area contributed by atoms with E-state index in [0.717, 1.165) is 19.0 Å². The summed E-state index contributed by atoms with van der Waals surface area (Å²) >= 11 is 3.35. The Balaban J connectivity index is 1.34. The van der Waals surface area contributed by atoms with Crippen LogP contribution in [-0.4, -0.2) is 50.7 Å². The number of H-pyrrole nitrogens is 1. The number of ether oxygens (including phenoxy) is 1. The molecule has 0 bridgehead atoms. The minimum Gasteiger partial charge on any atom is -0.444 e. The molecule has 1 aromatic carbocycles. The Bertz CT molecular complexity index is 1430. The van der Waals surface area contributed by atoms with Crippen molar-refractivity contribution < 1.29 is 22.7 Å². The third kappa shape index (κ3) is 4.72. The number of benzene rings is 1. The summed E-state index contributed by atoms with van der Waals surface area (Å²) < 4.78 is 47.5. The molecule has 3 aromatic rings. The van der Waals surface area contributed by atoms with Crippen molar-refractivity contribution >= 4 is 38.9 Å². The number of fused-ring (bicyclic) bond motifs is 1. The monoisotopic (exact) mass is 576 g/mol. The Morgan fingerprint density at radius 1 is 1.30 bits per heavy atom. The van der Waals surface area contributed by atoms with Gasteiger partial charge in [-0.05, 0) is 55.6 Å². The van der Waals surface area contributed by atoms with Gasteiger partial charge >= 0.3 is 12.3 Å². The number of nitrogens with zero attached hydrogens (tertiary/aromatic N) is 4. The van der Waals surface area contributed by atoms with Crippen LogP contribution in [-0.2, 0) is 10.9 Å². The van der Waals surface area contributed by atoms with E-state index in [2.05, 4.69) is 36.2 Å². The van der Waals surface area contributed by atoms with Crippen LogP contribution in [0.1, 0.15) is 44.7 Å². The van der Waals surface area contributed by atoms with Gasteiger partial charge in [-0.15, -0.1) is 0 Å². The van der Waals surface area contributed by atoms with Gasteiger partial charge in [-0.2, -0.15) is 18.4 Å². The lowest BCUT2D eigenvalue weighted by atomic mass is 9.61. The zero-order chi connectivity index (χ0) is 26.8. The molecule has 1 saturated heterocycles. The number of rotatable bonds is 3. The Labute approximate surface area is 219 Å². The summed E-state index contributed by atoms with van der Waals surface area (Å²) in [5.41, 5.74) is -0.628. The fraction of sp³-hybridized carbons (Fsp3) is 0.440. The molecule has 3 heterocycles. The van der Waals surface area contributed by atoms with Crippen LogP contribution in [0.5, 0.6) is 0 Å². The van der Waals surface area contributed by atoms with Crippen LogP contribution in [0.25, 0.3) is 22.2 Å². The molecule has 5 rings (SSSR count). The van der Waals surface area contributed by atoms with Gasteiger partial charge in [0, 0.05) is 47.9 Å². The topological polar surface area (TPSA) is 107 Å². The van der Waals surface area contributed by atoms with Gasteiger partial charge in [0.15, 0.2) is 0 Å². The van der Waals surface area contributed by atoms with Crippen molar-refractivity contribution in [2.75, 3.05) is 18.4 Å². The minimum absolute atomic E-state index is 0.00905. The van der Waals surface area contributed by atoms with E-state index < -0.39 is 17.3 Å². The van der Waals surface area contributed by atoms with E-state index >= 15 is 0 Å². The number of hydrogen-bond donors (Lipinski definition) is 2. The molecule has 1 aliphatic heterocycles. The second-order valence-electron chi connectivity index (χ2n) is 10.7. The van der Waals surface area contributed by atoms with Crippen LogP contribution in [0.3, 0.4) is 0 Å². The van der Waals surface area contributed by atoms with E-state index in [9.17, 15) is 23.2 Å². The molecule has 1 aliphatic carbocycles. The largest absolute Gasteiger partial charge is 0.444 e. The number of halogens is 4. The summed E-state index contributed by atoms with van der Waals surface area (Å²) in [7, 11) is 0.